The summed E-state index contributed by atoms with van der Waals surface area (Å²) in [6, 6.07) is 0.297. The Morgan fingerprint density at radius 2 is 2.25 bits per heavy atom. The fourth-order valence-electron chi connectivity index (χ4n) is 1.31. The van der Waals surface area contributed by atoms with Crippen molar-refractivity contribution >= 4 is 6.09 Å². The first-order valence-electron chi connectivity index (χ1n) is 4.47. The molecule has 0 aliphatic carbocycles. The lowest BCUT2D eigenvalue weighted by Crippen LogP contribution is -2.42. The molecule has 2 N–H and O–H groups in total. The van der Waals surface area contributed by atoms with E-state index in [-0.39, 0.29) is 6.09 Å². The molecule has 0 unspecified atom stereocenters. The Hall–Kier alpha value is -0.770. The topological polar surface area (TPSA) is 50.4 Å². The molecule has 12 heavy (non-hydrogen) atoms. The largest absolute Gasteiger partial charge is 0.450 e. The third-order valence-electron chi connectivity index (χ3n) is 1.94. The van der Waals surface area contributed by atoms with Crippen molar-refractivity contribution in [1.29, 1.82) is 0 Å². The average molecular weight is 172 g/mol. The normalized spacial score (nSPS) is 18.8. The van der Waals surface area contributed by atoms with Gasteiger partial charge in [0, 0.05) is 6.04 Å². The molecule has 1 heterocycles. The van der Waals surface area contributed by atoms with Gasteiger partial charge < -0.3 is 15.4 Å². The van der Waals surface area contributed by atoms with Crippen molar-refractivity contribution in [3.8, 4) is 0 Å². The zero-order valence-electron chi connectivity index (χ0n) is 7.43. The van der Waals surface area contributed by atoms with E-state index in [0.717, 1.165) is 25.9 Å². The highest BCUT2D eigenvalue weighted by molar-refractivity contribution is 5.67. The van der Waals surface area contributed by atoms with Gasteiger partial charge in [-0.25, -0.2) is 4.79 Å². The van der Waals surface area contributed by atoms with Crippen molar-refractivity contribution in [3.05, 3.63) is 0 Å². The van der Waals surface area contributed by atoms with Crippen molar-refractivity contribution in [3.63, 3.8) is 0 Å². The van der Waals surface area contributed by atoms with Crippen molar-refractivity contribution < 1.29 is 9.53 Å². The third-order valence-corrected chi connectivity index (χ3v) is 1.94. The van der Waals surface area contributed by atoms with Crippen LogP contribution in [0.4, 0.5) is 4.79 Å². The van der Waals surface area contributed by atoms with Gasteiger partial charge >= 0.3 is 6.09 Å². The Morgan fingerprint density at radius 1 is 1.58 bits per heavy atom. The molecule has 0 saturated carbocycles. The Kier molecular flexibility index (Phi) is 3.87. The van der Waals surface area contributed by atoms with Crippen molar-refractivity contribution in [2.75, 3.05) is 19.7 Å². The van der Waals surface area contributed by atoms with E-state index < -0.39 is 0 Å². The second kappa shape index (κ2) is 4.98. The summed E-state index contributed by atoms with van der Waals surface area (Å²) in [6.07, 6.45) is 1.71. The Bertz CT molecular complexity index is 144. The zero-order valence-corrected chi connectivity index (χ0v) is 7.43. The molecule has 0 aromatic carbocycles. The monoisotopic (exact) mass is 172 g/mol. The molecule has 1 aliphatic heterocycles. The van der Waals surface area contributed by atoms with Crippen molar-refractivity contribution in [2.45, 2.75) is 25.8 Å². The zero-order chi connectivity index (χ0) is 8.81. The van der Waals surface area contributed by atoms with E-state index in [1.807, 2.05) is 6.92 Å². The molecule has 1 fully saturated rings. The van der Waals surface area contributed by atoms with Gasteiger partial charge in [0.05, 0.1) is 6.61 Å². The molecule has 4 nitrogen and oxygen atoms in total. The Labute approximate surface area is 72.7 Å². The van der Waals surface area contributed by atoms with Crippen LogP contribution in [0.3, 0.4) is 0 Å². The van der Waals surface area contributed by atoms with Crippen LogP contribution < -0.4 is 10.6 Å². The molecule has 0 radical (unpaired) electrons. The maximum atomic E-state index is 11.0. The predicted octanol–water partition coefficient (Wildman–Crippen LogP) is 0.484. The van der Waals surface area contributed by atoms with E-state index in [1.54, 1.807) is 0 Å². The molecular formula is C8H16N2O2. The molecule has 0 atom stereocenters. The molecule has 0 bridgehead atoms. The quantitative estimate of drug-likeness (QED) is 0.637. The van der Waals surface area contributed by atoms with E-state index in [9.17, 15) is 4.79 Å². The number of ether oxygens (including phenoxy) is 1. The van der Waals surface area contributed by atoms with Gasteiger partial charge in [-0.3, -0.25) is 0 Å². The number of hydrogen-bond acceptors (Lipinski definition) is 3. The SMILES string of the molecule is CCOC(=O)NC1CCNCC1. The lowest BCUT2D eigenvalue weighted by atomic mass is 10.1. The Morgan fingerprint density at radius 3 is 2.83 bits per heavy atom. The van der Waals surface area contributed by atoms with Gasteiger partial charge in [-0.2, -0.15) is 0 Å². The number of piperidine rings is 1. The van der Waals surface area contributed by atoms with Crippen LogP contribution in [-0.4, -0.2) is 31.8 Å². The molecule has 4 heteroatoms. The van der Waals surface area contributed by atoms with Gasteiger partial charge in [0.25, 0.3) is 0 Å². The average Bonchev–Trinajstić information content (AvgIpc) is 2.06. The number of hydrogen-bond donors (Lipinski definition) is 2. The first-order chi connectivity index (χ1) is 5.83. The summed E-state index contributed by atoms with van der Waals surface area (Å²) in [5, 5.41) is 6.05. The van der Waals surface area contributed by atoms with Crippen LogP contribution >= 0.6 is 0 Å². The van der Waals surface area contributed by atoms with Crippen LogP contribution in [0.5, 0.6) is 0 Å². The van der Waals surface area contributed by atoms with E-state index >= 15 is 0 Å². The summed E-state index contributed by atoms with van der Waals surface area (Å²) in [6.45, 7) is 4.22. The molecule has 0 aromatic rings. The van der Waals surface area contributed by atoms with Gasteiger partial charge in [0.2, 0.25) is 0 Å². The van der Waals surface area contributed by atoms with Crippen LogP contribution in [0.2, 0.25) is 0 Å². The summed E-state index contributed by atoms with van der Waals surface area (Å²) in [5.41, 5.74) is 0. The molecule has 0 aromatic heterocycles. The summed E-state index contributed by atoms with van der Waals surface area (Å²) < 4.78 is 4.77. The number of carbonyl (C=O) groups is 1. The van der Waals surface area contributed by atoms with Gasteiger partial charge in [0.15, 0.2) is 0 Å². The van der Waals surface area contributed by atoms with E-state index in [1.165, 1.54) is 0 Å². The van der Waals surface area contributed by atoms with E-state index in [4.69, 9.17) is 4.74 Å². The number of nitrogens with one attached hydrogen (secondary N) is 2. The third kappa shape index (κ3) is 3.09. The van der Waals surface area contributed by atoms with Crippen LogP contribution in [-0.2, 0) is 4.74 Å². The molecule has 1 rings (SSSR count). The number of rotatable bonds is 2. The fraction of sp³-hybridized carbons (Fsp3) is 0.875. The standard InChI is InChI=1S/C8H16N2O2/c1-2-12-8(11)10-7-3-5-9-6-4-7/h7,9H,2-6H2,1H3,(H,10,11). The molecule has 1 aliphatic rings. The minimum absolute atomic E-state index is 0.288. The maximum Gasteiger partial charge on any atom is 0.407 e. The van der Waals surface area contributed by atoms with E-state index in [2.05, 4.69) is 10.6 Å². The van der Waals surface area contributed by atoms with Gasteiger partial charge in [-0.05, 0) is 32.9 Å². The van der Waals surface area contributed by atoms with E-state index in [0.29, 0.717) is 12.6 Å². The maximum absolute atomic E-state index is 11.0. The second-order valence-corrected chi connectivity index (χ2v) is 2.89. The van der Waals surface area contributed by atoms with Crippen LogP contribution in [0.15, 0.2) is 0 Å². The highest BCUT2D eigenvalue weighted by Crippen LogP contribution is 2.01. The lowest BCUT2D eigenvalue weighted by Gasteiger charge is -2.22. The molecule has 1 saturated heterocycles. The molecule has 1 amide bonds. The predicted molar refractivity (Wildman–Crippen MR) is 46.0 cm³/mol. The summed E-state index contributed by atoms with van der Waals surface area (Å²) in [5.74, 6) is 0. The number of carbonyl (C=O) groups excluding carboxylic acids is 1. The van der Waals surface area contributed by atoms with Crippen LogP contribution in [0.1, 0.15) is 19.8 Å². The summed E-state index contributed by atoms with van der Waals surface area (Å²) in [4.78, 5) is 11.0. The molecule has 70 valence electrons. The Balaban J connectivity index is 2.15. The summed E-state index contributed by atoms with van der Waals surface area (Å²) in [7, 11) is 0. The molecule has 0 spiro atoms. The number of amides is 1. The van der Waals surface area contributed by atoms with Crippen LogP contribution in [0, 0.1) is 0 Å². The first kappa shape index (κ1) is 9.32. The van der Waals surface area contributed by atoms with Gasteiger partial charge in [0.1, 0.15) is 0 Å². The minimum atomic E-state index is -0.288. The smallest absolute Gasteiger partial charge is 0.407 e. The number of alkyl carbamates (subject to hydrolysis) is 1. The highest BCUT2D eigenvalue weighted by Gasteiger charge is 2.15. The summed E-state index contributed by atoms with van der Waals surface area (Å²) >= 11 is 0. The first-order valence-corrected chi connectivity index (χ1v) is 4.47. The minimum Gasteiger partial charge on any atom is -0.450 e. The van der Waals surface area contributed by atoms with Gasteiger partial charge in [-0.1, -0.05) is 0 Å². The fourth-order valence-corrected chi connectivity index (χ4v) is 1.31. The van der Waals surface area contributed by atoms with Gasteiger partial charge in [-0.15, -0.1) is 0 Å². The second-order valence-electron chi connectivity index (χ2n) is 2.89. The lowest BCUT2D eigenvalue weighted by molar-refractivity contribution is 0.145. The highest BCUT2D eigenvalue weighted by atomic mass is 16.5. The van der Waals surface area contributed by atoms with Crippen molar-refractivity contribution in [1.82, 2.24) is 10.6 Å². The molecular weight excluding hydrogens is 156 g/mol. The van der Waals surface area contributed by atoms with Crippen molar-refractivity contribution in [2.24, 2.45) is 0 Å². The van der Waals surface area contributed by atoms with Crippen LogP contribution in [0.25, 0.3) is 0 Å².